The van der Waals surface area contributed by atoms with Gasteiger partial charge in [0.25, 0.3) is 5.91 Å². The molecule has 76 valence electrons. The number of amides is 1. The quantitative estimate of drug-likeness (QED) is 0.676. The van der Waals surface area contributed by atoms with Crippen molar-refractivity contribution in [2.75, 3.05) is 20.1 Å². The maximum Gasteiger partial charge on any atom is 0.270 e. The number of hydrogen-bond donors (Lipinski definition) is 2. The topological polar surface area (TPSA) is 79.2 Å². The maximum absolute atomic E-state index is 11.6. The van der Waals surface area contributed by atoms with Crippen LogP contribution in [0.25, 0.3) is 0 Å². The lowest BCUT2D eigenvalue weighted by Crippen LogP contribution is -2.33. The predicted molar refractivity (Wildman–Crippen MR) is 53.1 cm³/mol. The first-order valence-electron chi connectivity index (χ1n) is 4.30. The van der Waals surface area contributed by atoms with E-state index in [4.69, 9.17) is 5.73 Å². The van der Waals surface area contributed by atoms with Gasteiger partial charge in [-0.3, -0.25) is 9.59 Å². The highest BCUT2D eigenvalue weighted by Gasteiger charge is 2.10. The van der Waals surface area contributed by atoms with Gasteiger partial charge in [-0.1, -0.05) is 6.07 Å². The highest BCUT2D eigenvalue weighted by Crippen LogP contribution is 1.96. The van der Waals surface area contributed by atoms with Crippen LogP contribution in [0.1, 0.15) is 10.5 Å². The Morgan fingerprint density at radius 3 is 2.86 bits per heavy atom. The van der Waals surface area contributed by atoms with Crippen molar-refractivity contribution in [1.82, 2.24) is 9.88 Å². The highest BCUT2D eigenvalue weighted by atomic mass is 16.2. The molecule has 1 aromatic heterocycles. The van der Waals surface area contributed by atoms with Gasteiger partial charge in [-0.05, 0) is 6.07 Å². The van der Waals surface area contributed by atoms with E-state index in [1.165, 1.54) is 11.0 Å². The van der Waals surface area contributed by atoms with Crippen molar-refractivity contribution in [2.45, 2.75) is 0 Å². The first kappa shape index (κ1) is 10.5. The van der Waals surface area contributed by atoms with E-state index in [1.54, 1.807) is 19.2 Å². The van der Waals surface area contributed by atoms with Gasteiger partial charge in [0.2, 0.25) is 5.56 Å². The number of pyridine rings is 1. The van der Waals surface area contributed by atoms with Gasteiger partial charge in [-0.15, -0.1) is 0 Å². The number of aromatic nitrogens is 1. The summed E-state index contributed by atoms with van der Waals surface area (Å²) in [5, 5.41) is 0. The monoisotopic (exact) mass is 195 g/mol. The van der Waals surface area contributed by atoms with Crippen molar-refractivity contribution in [3.8, 4) is 0 Å². The fraction of sp³-hybridized carbons (Fsp3) is 0.333. The molecule has 0 saturated carbocycles. The summed E-state index contributed by atoms with van der Waals surface area (Å²) in [6.07, 6.45) is 0. The summed E-state index contributed by atoms with van der Waals surface area (Å²) in [6.45, 7) is 0.870. The van der Waals surface area contributed by atoms with Crippen LogP contribution in [0.15, 0.2) is 23.0 Å². The molecule has 1 amide bonds. The number of nitrogens with zero attached hydrogens (tertiary/aromatic N) is 1. The second-order valence-electron chi connectivity index (χ2n) is 2.94. The van der Waals surface area contributed by atoms with Crippen LogP contribution in [0, 0.1) is 0 Å². The average molecular weight is 195 g/mol. The first-order chi connectivity index (χ1) is 6.65. The Morgan fingerprint density at radius 1 is 1.57 bits per heavy atom. The molecule has 3 N–H and O–H groups in total. The van der Waals surface area contributed by atoms with E-state index in [-0.39, 0.29) is 17.2 Å². The van der Waals surface area contributed by atoms with Crippen LogP contribution in [0.3, 0.4) is 0 Å². The van der Waals surface area contributed by atoms with E-state index in [0.717, 1.165) is 0 Å². The van der Waals surface area contributed by atoms with Crippen LogP contribution >= 0.6 is 0 Å². The van der Waals surface area contributed by atoms with Crippen LogP contribution in [-0.4, -0.2) is 35.9 Å². The Hall–Kier alpha value is -1.62. The number of hydrogen-bond acceptors (Lipinski definition) is 3. The molecule has 14 heavy (non-hydrogen) atoms. The Bertz CT molecular complexity index is 372. The molecule has 0 bridgehead atoms. The minimum absolute atomic E-state index is 0.229. The fourth-order valence-corrected chi connectivity index (χ4v) is 1.07. The molecule has 0 unspecified atom stereocenters. The molecule has 1 aromatic rings. The van der Waals surface area contributed by atoms with E-state index in [2.05, 4.69) is 4.98 Å². The molecule has 0 aliphatic heterocycles. The Kier molecular flexibility index (Phi) is 3.41. The zero-order chi connectivity index (χ0) is 10.6. The summed E-state index contributed by atoms with van der Waals surface area (Å²) in [6, 6.07) is 4.47. The third-order valence-corrected chi connectivity index (χ3v) is 1.81. The van der Waals surface area contributed by atoms with Gasteiger partial charge in [-0.25, -0.2) is 0 Å². The van der Waals surface area contributed by atoms with Gasteiger partial charge in [0, 0.05) is 26.2 Å². The lowest BCUT2D eigenvalue weighted by atomic mass is 10.3. The largest absolute Gasteiger partial charge is 0.339 e. The fourth-order valence-electron chi connectivity index (χ4n) is 1.07. The molecule has 0 spiro atoms. The molecular formula is C9H13N3O2. The second-order valence-corrected chi connectivity index (χ2v) is 2.94. The van der Waals surface area contributed by atoms with Crippen LogP contribution in [-0.2, 0) is 0 Å². The zero-order valence-corrected chi connectivity index (χ0v) is 7.99. The van der Waals surface area contributed by atoms with Crippen LogP contribution in [0.5, 0.6) is 0 Å². The summed E-state index contributed by atoms with van der Waals surface area (Å²) in [5.41, 5.74) is 5.31. The third kappa shape index (κ3) is 2.43. The molecule has 0 saturated heterocycles. The Balaban J connectivity index is 2.84. The molecule has 1 rings (SSSR count). The second kappa shape index (κ2) is 4.57. The molecule has 0 aromatic carbocycles. The summed E-state index contributed by atoms with van der Waals surface area (Å²) in [5.74, 6) is -0.229. The molecule has 0 radical (unpaired) electrons. The molecule has 0 aliphatic rings. The summed E-state index contributed by atoms with van der Waals surface area (Å²) < 4.78 is 0. The Labute approximate surface area is 81.5 Å². The molecule has 5 nitrogen and oxygen atoms in total. The number of aromatic amines is 1. The third-order valence-electron chi connectivity index (χ3n) is 1.81. The number of rotatable bonds is 3. The molecule has 0 atom stereocenters. The van der Waals surface area contributed by atoms with Gasteiger partial charge in [0.15, 0.2) is 0 Å². The standard InChI is InChI=1S/C9H13N3O2/c1-12(6-5-10)9(14)7-3-2-4-8(13)11-7/h2-4H,5-6,10H2,1H3,(H,11,13). The normalized spacial score (nSPS) is 9.86. The van der Waals surface area contributed by atoms with Crippen molar-refractivity contribution in [2.24, 2.45) is 5.73 Å². The number of nitrogens with one attached hydrogen (secondary N) is 1. The molecule has 0 aliphatic carbocycles. The van der Waals surface area contributed by atoms with Gasteiger partial charge >= 0.3 is 0 Å². The summed E-state index contributed by atoms with van der Waals surface area (Å²) in [4.78, 5) is 26.4. The van der Waals surface area contributed by atoms with E-state index in [9.17, 15) is 9.59 Å². The van der Waals surface area contributed by atoms with Gasteiger partial charge < -0.3 is 15.6 Å². The summed E-state index contributed by atoms with van der Waals surface area (Å²) >= 11 is 0. The van der Waals surface area contributed by atoms with Gasteiger partial charge in [0.05, 0.1) is 0 Å². The van der Waals surface area contributed by atoms with Gasteiger partial charge in [-0.2, -0.15) is 0 Å². The molecule has 5 heteroatoms. The molecule has 0 fully saturated rings. The van der Waals surface area contributed by atoms with Crippen LogP contribution < -0.4 is 11.3 Å². The smallest absolute Gasteiger partial charge is 0.270 e. The lowest BCUT2D eigenvalue weighted by molar-refractivity contribution is 0.0793. The predicted octanol–water partition coefficient (Wildman–Crippen LogP) is -0.594. The lowest BCUT2D eigenvalue weighted by Gasteiger charge is -2.15. The number of nitrogens with two attached hydrogens (primary N) is 1. The number of likely N-dealkylation sites (N-methyl/N-ethyl adjacent to an activating group) is 1. The first-order valence-corrected chi connectivity index (χ1v) is 4.30. The van der Waals surface area contributed by atoms with E-state index in [0.29, 0.717) is 13.1 Å². The summed E-state index contributed by atoms with van der Waals surface area (Å²) in [7, 11) is 1.64. The van der Waals surface area contributed by atoms with Crippen molar-refractivity contribution < 1.29 is 4.79 Å². The van der Waals surface area contributed by atoms with Crippen molar-refractivity contribution >= 4 is 5.91 Å². The van der Waals surface area contributed by atoms with Crippen molar-refractivity contribution in [3.63, 3.8) is 0 Å². The maximum atomic E-state index is 11.6. The van der Waals surface area contributed by atoms with E-state index >= 15 is 0 Å². The van der Waals surface area contributed by atoms with Crippen LogP contribution in [0.2, 0.25) is 0 Å². The van der Waals surface area contributed by atoms with E-state index < -0.39 is 0 Å². The molecular weight excluding hydrogens is 182 g/mol. The Morgan fingerprint density at radius 2 is 2.29 bits per heavy atom. The van der Waals surface area contributed by atoms with Crippen LogP contribution in [0.4, 0.5) is 0 Å². The minimum atomic E-state index is -0.281. The van der Waals surface area contributed by atoms with Crippen molar-refractivity contribution in [3.05, 3.63) is 34.2 Å². The number of carbonyl (C=O) groups is 1. The minimum Gasteiger partial charge on any atom is -0.339 e. The molecule has 1 heterocycles. The van der Waals surface area contributed by atoms with Gasteiger partial charge in [0.1, 0.15) is 5.69 Å². The number of H-pyrrole nitrogens is 1. The number of carbonyl (C=O) groups excluding carboxylic acids is 1. The zero-order valence-electron chi connectivity index (χ0n) is 7.99. The highest BCUT2D eigenvalue weighted by molar-refractivity contribution is 5.91. The van der Waals surface area contributed by atoms with E-state index in [1.807, 2.05) is 0 Å². The van der Waals surface area contributed by atoms with Crippen molar-refractivity contribution in [1.29, 1.82) is 0 Å². The SMILES string of the molecule is CN(CCN)C(=O)c1cccc(=O)[nH]1. The average Bonchev–Trinajstić information content (AvgIpc) is 2.17.